The van der Waals surface area contributed by atoms with E-state index in [4.69, 9.17) is 5.73 Å². The number of phenolic OH excluding ortho intramolecular Hbond substituents is 1. The number of hydrogen-bond acceptors (Lipinski definition) is 4. The summed E-state index contributed by atoms with van der Waals surface area (Å²) in [5.41, 5.74) is 6.15. The van der Waals surface area contributed by atoms with Crippen molar-refractivity contribution >= 4 is 11.6 Å². The predicted molar refractivity (Wildman–Crippen MR) is 70.5 cm³/mol. The second kappa shape index (κ2) is 5.27. The van der Waals surface area contributed by atoms with E-state index in [0.717, 1.165) is 26.1 Å². The number of carbonyl (C=O) groups excluding carboxylic acids is 1. The summed E-state index contributed by atoms with van der Waals surface area (Å²) < 4.78 is 0. The number of likely N-dealkylation sites (N-methyl/N-ethyl adjacent to an activating group) is 1. The van der Waals surface area contributed by atoms with Gasteiger partial charge in [-0.2, -0.15) is 0 Å². The number of carbonyl (C=O) groups is 1. The number of phenols is 1. The van der Waals surface area contributed by atoms with Crippen molar-refractivity contribution in [1.29, 1.82) is 0 Å². The highest BCUT2D eigenvalue weighted by Gasteiger charge is 2.21. The first-order chi connectivity index (χ1) is 8.59. The number of rotatable bonds is 1. The first-order valence-corrected chi connectivity index (χ1v) is 6.15. The Morgan fingerprint density at radius 2 is 2.06 bits per heavy atom. The van der Waals surface area contributed by atoms with Crippen molar-refractivity contribution in [2.45, 2.75) is 6.42 Å². The average molecular weight is 249 g/mol. The zero-order valence-electron chi connectivity index (χ0n) is 10.6. The van der Waals surface area contributed by atoms with Gasteiger partial charge in [0.05, 0.1) is 11.3 Å². The molecule has 18 heavy (non-hydrogen) atoms. The van der Waals surface area contributed by atoms with Crippen LogP contribution < -0.4 is 5.73 Å². The van der Waals surface area contributed by atoms with Crippen LogP contribution in [-0.2, 0) is 0 Å². The van der Waals surface area contributed by atoms with Crippen molar-refractivity contribution in [3.05, 3.63) is 23.8 Å². The molecule has 0 aromatic heterocycles. The number of nitrogens with two attached hydrogens (primary N) is 1. The van der Waals surface area contributed by atoms with E-state index in [1.807, 2.05) is 7.05 Å². The summed E-state index contributed by atoms with van der Waals surface area (Å²) in [6.07, 6.45) is 0.950. The summed E-state index contributed by atoms with van der Waals surface area (Å²) in [6.45, 7) is 3.25. The Morgan fingerprint density at radius 1 is 1.28 bits per heavy atom. The summed E-state index contributed by atoms with van der Waals surface area (Å²) in [4.78, 5) is 16.3. The molecule has 0 aliphatic carbocycles. The molecule has 0 atom stereocenters. The summed E-state index contributed by atoms with van der Waals surface area (Å²) in [7, 11) is 2.05. The van der Waals surface area contributed by atoms with Crippen LogP contribution in [0.25, 0.3) is 0 Å². The van der Waals surface area contributed by atoms with Crippen molar-refractivity contribution in [2.24, 2.45) is 0 Å². The van der Waals surface area contributed by atoms with E-state index >= 15 is 0 Å². The van der Waals surface area contributed by atoms with Gasteiger partial charge in [0.25, 0.3) is 5.91 Å². The molecule has 0 radical (unpaired) electrons. The van der Waals surface area contributed by atoms with Gasteiger partial charge in [-0.3, -0.25) is 4.79 Å². The number of benzene rings is 1. The number of hydrogen-bond donors (Lipinski definition) is 2. The smallest absolute Gasteiger partial charge is 0.257 e. The molecule has 5 nitrogen and oxygen atoms in total. The van der Waals surface area contributed by atoms with Gasteiger partial charge >= 0.3 is 0 Å². The van der Waals surface area contributed by atoms with E-state index in [1.165, 1.54) is 0 Å². The van der Waals surface area contributed by atoms with Crippen LogP contribution in [0.3, 0.4) is 0 Å². The molecule has 1 amide bonds. The summed E-state index contributed by atoms with van der Waals surface area (Å²) >= 11 is 0. The van der Waals surface area contributed by atoms with E-state index in [9.17, 15) is 9.90 Å². The first-order valence-electron chi connectivity index (χ1n) is 6.15. The van der Waals surface area contributed by atoms with Gasteiger partial charge in [-0.15, -0.1) is 0 Å². The van der Waals surface area contributed by atoms with E-state index in [1.54, 1.807) is 23.1 Å². The Kier molecular flexibility index (Phi) is 3.72. The van der Waals surface area contributed by atoms with Crippen molar-refractivity contribution in [3.63, 3.8) is 0 Å². The van der Waals surface area contributed by atoms with Crippen LogP contribution >= 0.6 is 0 Å². The molecule has 1 aromatic rings. The van der Waals surface area contributed by atoms with Gasteiger partial charge < -0.3 is 20.6 Å². The number of aromatic hydroxyl groups is 1. The van der Waals surface area contributed by atoms with Crippen LogP contribution in [0.1, 0.15) is 16.8 Å². The highest BCUT2D eigenvalue weighted by molar-refractivity contribution is 5.98. The Labute approximate surface area is 107 Å². The Morgan fingerprint density at radius 3 is 2.83 bits per heavy atom. The van der Waals surface area contributed by atoms with Crippen LogP contribution in [0.4, 0.5) is 5.69 Å². The quantitative estimate of drug-likeness (QED) is 0.569. The van der Waals surface area contributed by atoms with Gasteiger partial charge in [-0.25, -0.2) is 0 Å². The van der Waals surface area contributed by atoms with Gasteiger partial charge in [0.15, 0.2) is 5.75 Å². The SMILES string of the molecule is CN1CCCN(C(=O)c2cccc(N)c2O)CC1. The maximum atomic E-state index is 12.3. The molecule has 0 bridgehead atoms. The minimum atomic E-state index is -0.143. The second-order valence-corrected chi connectivity index (χ2v) is 4.69. The lowest BCUT2D eigenvalue weighted by Crippen LogP contribution is -2.34. The highest BCUT2D eigenvalue weighted by Crippen LogP contribution is 2.25. The third-order valence-corrected chi connectivity index (χ3v) is 3.30. The molecule has 1 saturated heterocycles. The third-order valence-electron chi connectivity index (χ3n) is 3.30. The van der Waals surface area contributed by atoms with Gasteiger partial charge in [0.2, 0.25) is 0 Å². The van der Waals surface area contributed by atoms with Crippen LogP contribution in [0.2, 0.25) is 0 Å². The molecular formula is C13H19N3O2. The Balaban J connectivity index is 2.18. The molecule has 1 heterocycles. The van der Waals surface area contributed by atoms with E-state index in [-0.39, 0.29) is 17.3 Å². The molecule has 2 rings (SSSR count). The summed E-state index contributed by atoms with van der Waals surface area (Å²) in [5.74, 6) is -0.254. The fourth-order valence-corrected chi connectivity index (χ4v) is 2.15. The molecule has 5 heteroatoms. The zero-order valence-corrected chi connectivity index (χ0v) is 10.6. The molecule has 1 fully saturated rings. The standard InChI is InChI=1S/C13H19N3O2/c1-15-6-3-7-16(9-8-15)13(18)10-4-2-5-11(14)12(10)17/h2,4-5,17H,3,6-9,14H2,1H3. The van der Waals surface area contributed by atoms with Crippen molar-refractivity contribution in [2.75, 3.05) is 39.0 Å². The molecule has 3 N–H and O–H groups in total. The maximum absolute atomic E-state index is 12.3. The number of nitrogens with zero attached hydrogens (tertiary/aromatic N) is 2. The van der Waals surface area contributed by atoms with Gasteiger partial charge in [-0.1, -0.05) is 6.07 Å². The zero-order chi connectivity index (χ0) is 13.1. The largest absolute Gasteiger partial charge is 0.505 e. The Bertz CT molecular complexity index is 448. The molecule has 0 saturated carbocycles. The van der Waals surface area contributed by atoms with Crippen LogP contribution in [-0.4, -0.2) is 54.0 Å². The number of para-hydroxylation sites is 1. The minimum Gasteiger partial charge on any atom is -0.505 e. The number of nitrogen functional groups attached to an aromatic ring is 1. The van der Waals surface area contributed by atoms with Gasteiger partial charge in [-0.05, 0) is 32.1 Å². The fourth-order valence-electron chi connectivity index (χ4n) is 2.15. The fraction of sp³-hybridized carbons (Fsp3) is 0.462. The van der Waals surface area contributed by atoms with Crippen LogP contribution in [0.15, 0.2) is 18.2 Å². The molecule has 1 aromatic carbocycles. The van der Waals surface area contributed by atoms with Gasteiger partial charge in [0.1, 0.15) is 0 Å². The maximum Gasteiger partial charge on any atom is 0.257 e. The molecule has 98 valence electrons. The van der Waals surface area contributed by atoms with E-state index in [0.29, 0.717) is 12.1 Å². The summed E-state index contributed by atoms with van der Waals surface area (Å²) in [6, 6.07) is 4.89. The number of anilines is 1. The number of amides is 1. The second-order valence-electron chi connectivity index (χ2n) is 4.69. The molecule has 1 aliphatic rings. The van der Waals surface area contributed by atoms with Crippen LogP contribution in [0, 0.1) is 0 Å². The average Bonchev–Trinajstić information content (AvgIpc) is 2.57. The van der Waals surface area contributed by atoms with Crippen molar-refractivity contribution < 1.29 is 9.90 Å². The minimum absolute atomic E-state index is 0.111. The van der Waals surface area contributed by atoms with Crippen molar-refractivity contribution in [1.82, 2.24) is 9.80 Å². The molecule has 1 aliphatic heterocycles. The lowest BCUT2D eigenvalue weighted by atomic mass is 10.1. The molecular weight excluding hydrogens is 230 g/mol. The van der Waals surface area contributed by atoms with Gasteiger partial charge in [0, 0.05) is 19.6 Å². The van der Waals surface area contributed by atoms with E-state index < -0.39 is 0 Å². The predicted octanol–water partition coefficient (Wildman–Crippen LogP) is 0.752. The van der Waals surface area contributed by atoms with E-state index in [2.05, 4.69) is 4.90 Å². The van der Waals surface area contributed by atoms with Crippen molar-refractivity contribution in [3.8, 4) is 5.75 Å². The Hall–Kier alpha value is -1.75. The summed E-state index contributed by atoms with van der Waals surface area (Å²) in [5, 5.41) is 9.84. The third kappa shape index (κ3) is 2.56. The van der Waals surface area contributed by atoms with Crippen LogP contribution in [0.5, 0.6) is 5.75 Å². The topological polar surface area (TPSA) is 69.8 Å². The highest BCUT2D eigenvalue weighted by atomic mass is 16.3. The monoisotopic (exact) mass is 249 g/mol. The molecule has 0 spiro atoms. The lowest BCUT2D eigenvalue weighted by Gasteiger charge is -2.21. The molecule has 0 unspecified atom stereocenters. The lowest BCUT2D eigenvalue weighted by molar-refractivity contribution is 0.0760. The first kappa shape index (κ1) is 12.7. The normalized spacial score (nSPS) is 17.5.